The molecule has 0 saturated carbocycles. The number of carboxylic acids is 2. The highest BCUT2D eigenvalue weighted by atomic mass is 35.5. The van der Waals surface area contributed by atoms with Crippen LogP contribution in [0.1, 0.15) is 5.56 Å². The van der Waals surface area contributed by atoms with E-state index in [-0.39, 0.29) is 5.82 Å². The second-order valence-corrected chi connectivity index (χ2v) is 6.65. The number of rotatable bonds is 7. The normalized spacial score (nSPS) is 10.2. The number of carboxylic acid groups (broad SMARTS) is 2. The number of hydrogen-bond acceptors (Lipinski definition) is 5. The zero-order valence-corrected chi connectivity index (χ0v) is 17.3. The van der Waals surface area contributed by atoms with Gasteiger partial charge in [-0.05, 0) is 42.0 Å². The molecule has 2 aromatic carbocycles. The molecule has 3 N–H and O–H groups in total. The first kappa shape index (κ1) is 23.8. The number of ether oxygens (including phenoxy) is 1. The van der Waals surface area contributed by atoms with Gasteiger partial charge in [0.15, 0.2) is 0 Å². The Morgan fingerprint density at radius 1 is 1.16 bits per heavy atom. The Bertz CT molecular complexity index is 1010. The van der Waals surface area contributed by atoms with Crippen LogP contribution in [0.15, 0.2) is 54.7 Å². The van der Waals surface area contributed by atoms with E-state index in [1.54, 1.807) is 25.4 Å². The molecule has 0 bridgehead atoms. The Kier molecular flexibility index (Phi) is 8.98. The van der Waals surface area contributed by atoms with Gasteiger partial charge in [-0.15, -0.1) is 0 Å². The fourth-order valence-corrected chi connectivity index (χ4v) is 2.82. The predicted molar refractivity (Wildman–Crippen MR) is 114 cm³/mol. The molecule has 0 atom stereocenters. The van der Waals surface area contributed by atoms with Crippen molar-refractivity contribution in [2.45, 2.75) is 13.1 Å². The van der Waals surface area contributed by atoms with Crippen molar-refractivity contribution in [1.82, 2.24) is 9.55 Å². The summed E-state index contributed by atoms with van der Waals surface area (Å²) in [5, 5.41) is 18.8. The third kappa shape index (κ3) is 7.40. The molecular weight excluding hydrogens is 429 g/mol. The van der Waals surface area contributed by atoms with E-state index < -0.39 is 11.9 Å². The molecule has 10 heteroatoms. The number of hydrogen-bond donors (Lipinski definition) is 3. The molecule has 8 nitrogen and oxygen atoms in total. The monoisotopic (exact) mass is 449 g/mol. The number of aliphatic carboxylic acids is 2. The van der Waals surface area contributed by atoms with Gasteiger partial charge in [0.25, 0.3) is 0 Å². The maximum absolute atomic E-state index is 13.2. The van der Waals surface area contributed by atoms with Gasteiger partial charge in [0.1, 0.15) is 5.82 Å². The second kappa shape index (κ2) is 11.7. The highest BCUT2D eigenvalue weighted by Crippen LogP contribution is 2.24. The maximum Gasteiger partial charge on any atom is 0.414 e. The molecule has 0 saturated heterocycles. The van der Waals surface area contributed by atoms with Crippen LogP contribution in [0.5, 0.6) is 0 Å². The zero-order chi connectivity index (χ0) is 22.8. The summed E-state index contributed by atoms with van der Waals surface area (Å²) in [7, 11) is 1.66. The number of nitrogens with one attached hydrogen (secondary N) is 1. The zero-order valence-electron chi connectivity index (χ0n) is 16.6. The molecule has 3 rings (SSSR count). The summed E-state index contributed by atoms with van der Waals surface area (Å²) in [6.45, 7) is 1.80. The van der Waals surface area contributed by atoms with Gasteiger partial charge >= 0.3 is 11.9 Å². The number of imidazole rings is 1. The summed E-state index contributed by atoms with van der Waals surface area (Å²) < 4.78 is 20.4. The maximum atomic E-state index is 13.2. The molecule has 0 aliphatic heterocycles. The van der Waals surface area contributed by atoms with E-state index >= 15 is 0 Å². The fraction of sp³-hybridized carbons (Fsp3) is 0.190. The van der Waals surface area contributed by atoms with E-state index in [0.717, 1.165) is 22.8 Å². The van der Waals surface area contributed by atoms with Crippen LogP contribution in [0, 0.1) is 5.82 Å². The van der Waals surface area contributed by atoms with Crippen LogP contribution in [0.25, 0.3) is 11.3 Å². The van der Waals surface area contributed by atoms with Gasteiger partial charge in [-0.1, -0.05) is 23.7 Å². The molecule has 0 fully saturated rings. The molecule has 164 valence electrons. The van der Waals surface area contributed by atoms with Crippen molar-refractivity contribution >= 4 is 29.5 Å². The van der Waals surface area contributed by atoms with E-state index in [1.807, 2.05) is 28.8 Å². The Morgan fingerprint density at radius 2 is 1.84 bits per heavy atom. The largest absolute Gasteiger partial charge is 0.473 e. The van der Waals surface area contributed by atoms with Gasteiger partial charge in [-0.3, -0.25) is 0 Å². The van der Waals surface area contributed by atoms with Crippen molar-refractivity contribution in [3.8, 4) is 11.3 Å². The van der Waals surface area contributed by atoms with Crippen LogP contribution in [0.3, 0.4) is 0 Å². The first-order chi connectivity index (χ1) is 14.8. The van der Waals surface area contributed by atoms with Crippen molar-refractivity contribution in [2.75, 3.05) is 19.0 Å². The Morgan fingerprint density at radius 3 is 2.42 bits per heavy atom. The molecule has 0 aliphatic rings. The number of carbonyl (C=O) groups is 2. The number of nitrogens with zero attached hydrogens (tertiary/aromatic N) is 2. The summed E-state index contributed by atoms with van der Waals surface area (Å²) in [4.78, 5) is 22.7. The average Bonchev–Trinajstić information content (AvgIpc) is 3.14. The Labute approximate surface area is 182 Å². The predicted octanol–water partition coefficient (Wildman–Crippen LogP) is 3.76. The quantitative estimate of drug-likeness (QED) is 0.470. The first-order valence-corrected chi connectivity index (χ1v) is 9.44. The van der Waals surface area contributed by atoms with Crippen LogP contribution in [0.4, 0.5) is 10.3 Å². The van der Waals surface area contributed by atoms with Crippen LogP contribution < -0.4 is 5.32 Å². The summed E-state index contributed by atoms with van der Waals surface area (Å²) >= 11 is 6.03. The molecule has 0 amide bonds. The van der Waals surface area contributed by atoms with E-state index in [2.05, 4.69) is 10.3 Å². The standard InChI is InChI=1S/C19H19ClFN3O.C2H2O4/c1-25-10-9-24-18(15-5-7-17(21)8-6-15)13-23-19(24)22-12-14-3-2-4-16(20)11-14;3-1(4)2(5)6/h2-8,11,13H,9-10,12H2,1H3,(H,22,23);(H,3,4)(H,5,6). The second-order valence-electron chi connectivity index (χ2n) is 6.21. The Balaban J connectivity index is 0.000000501. The number of methoxy groups -OCH3 is 1. The van der Waals surface area contributed by atoms with Crippen LogP contribution in [0.2, 0.25) is 5.02 Å². The van der Waals surface area contributed by atoms with Gasteiger partial charge in [0.05, 0.1) is 18.5 Å². The number of benzene rings is 2. The summed E-state index contributed by atoms with van der Waals surface area (Å²) in [6.07, 6.45) is 1.78. The van der Waals surface area contributed by atoms with Crippen LogP contribution in [-0.2, 0) is 27.4 Å². The van der Waals surface area contributed by atoms with Crippen LogP contribution >= 0.6 is 11.6 Å². The fourth-order valence-electron chi connectivity index (χ4n) is 2.60. The van der Waals surface area contributed by atoms with Crippen molar-refractivity contribution in [3.63, 3.8) is 0 Å². The third-order valence-electron chi connectivity index (χ3n) is 4.04. The molecule has 1 aromatic heterocycles. The van der Waals surface area contributed by atoms with Crippen LogP contribution in [-0.4, -0.2) is 45.4 Å². The van der Waals surface area contributed by atoms with Gasteiger partial charge in [0, 0.05) is 30.8 Å². The lowest BCUT2D eigenvalue weighted by Gasteiger charge is -2.13. The summed E-state index contributed by atoms with van der Waals surface area (Å²) in [5.41, 5.74) is 2.88. The van der Waals surface area contributed by atoms with E-state index in [9.17, 15) is 4.39 Å². The molecule has 0 radical (unpaired) electrons. The highest BCUT2D eigenvalue weighted by molar-refractivity contribution is 6.30. The van der Waals surface area contributed by atoms with Gasteiger partial charge in [-0.2, -0.15) is 0 Å². The molecule has 1 heterocycles. The van der Waals surface area contributed by atoms with Crippen molar-refractivity contribution in [1.29, 1.82) is 0 Å². The molecular formula is C21H21ClFN3O5. The average molecular weight is 450 g/mol. The van der Waals surface area contributed by atoms with Gasteiger partial charge < -0.3 is 24.8 Å². The lowest BCUT2D eigenvalue weighted by atomic mass is 10.1. The van der Waals surface area contributed by atoms with Crippen molar-refractivity contribution < 1.29 is 28.9 Å². The minimum absolute atomic E-state index is 0.258. The first-order valence-electron chi connectivity index (χ1n) is 9.06. The minimum Gasteiger partial charge on any atom is -0.473 e. The number of aromatic nitrogens is 2. The highest BCUT2D eigenvalue weighted by Gasteiger charge is 2.12. The minimum atomic E-state index is -1.82. The van der Waals surface area contributed by atoms with Gasteiger partial charge in [0.2, 0.25) is 5.95 Å². The molecule has 3 aromatic rings. The van der Waals surface area contributed by atoms with E-state index in [0.29, 0.717) is 24.7 Å². The lowest BCUT2D eigenvalue weighted by Crippen LogP contribution is -2.11. The molecule has 31 heavy (non-hydrogen) atoms. The Hall–Kier alpha value is -3.43. The SMILES string of the molecule is COCCn1c(-c2ccc(F)cc2)cnc1NCc1cccc(Cl)c1.O=C(O)C(=O)O. The number of anilines is 1. The van der Waals surface area contributed by atoms with E-state index in [4.69, 9.17) is 36.1 Å². The van der Waals surface area contributed by atoms with Gasteiger partial charge in [-0.25, -0.2) is 19.0 Å². The molecule has 0 aliphatic carbocycles. The van der Waals surface area contributed by atoms with Crippen molar-refractivity contribution in [2.24, 2.45) is 0 Å². The third-order valence-corrected chi connectivity index (χ3v) is 4.27. The summed E-state index contributed by atoms with van der Waals surface area (Å²) in [6, 6.07) is 14.1. The molecule has 0 spiro atoms. The smallest absolute Gasteiger partial charge is 0.414 e. The molecule has 0 unspecified atom stereocenters. The van der Waals surface area contributed by atoms with Crippen molar-refractivity contribution in [3.05, 3.63) is 71.1 Å². The topological polar surface area (TPSA) is 114 Å². The lowest BCUT2D eigenvalue weighted by molar-refractivity contribution is -0.159. The number of halogens is 2. The summed E-state index contributed by atoms with van der Waals surface area (Å²) in [5.74, 6) is -3.17. The van der Waals surface area contributed by atoms with E-state index in [1.165, 1.54) is 12.1 Å².